The van der Waals surface area contributed by atoms with Gasteiger partial charge in [0, 0.05) is 0 Å². The third-order valence-electron chi connectivity index (χ3n) is 3.46. The van der Waals surface area contributed by atoms with E-state index in [1.807, 2.05) is 0 Å². The van der Waals surface area contributed by atoms with E-state index < -0.39 is 7.25 Å². The van der Waals surface area contributed by atoms with Gasteiger partial charge in [0.25, 0.3) is 0 Å². The van der Waals surface area contributed by atoms with Crippen molar-refractivity contribution in [2.45, 2.75) is 104 Å². The molecule has 0 aromatic carbocycles. The lowest BCUT2D eigenvalue weighted by molar-refractivity contribution is 0.368. The Morgan fingerprint density at radius 2 is 0.571 bits per heavy atom. The molecule has 0 aromatic heterocycles. The van der Waals surface area contributed by atoms with Crippen LogP contribution in [-0.4, -0.2) is 7.25 Å². The van der Waals surface area contributed by atoms with Crippen molar-refractivity contribution in [1.82, 2.24) is 0 Å². The highest BCUT2D eigenvalue weighted by atomic mass is 19.5. The summed E-state index contributed by atoms with van der Waals surface area (Å²) in [4.78, 5) is 0. The molecule has 0 heterocycles. The lowest BCUT2D eigenvalue weighted by Gasteiger charge is -2.02. The van der Waals surface area contributed by atoms with E-state index in [1.54, 1.807) is 0 Å². The van der Waals surface area contributed by atoms with E-state index >= 15 is 0 Å². The first-order valence-corrected chi connectivity index (χ1v) is 8.79. The zero-order valence-electron chi connectivity index (χ0n) is 14.0. The molecule has 0 rings (SSSR count). The topological polar surface area (TPSA) is 0 Å². The summed E-state index contributed by atoms with van der Waals surface area (Å²) in [7, 11) is -6.00. The van der Waals surface area contributed by atoms with Gasteiger partial charge in [0.2, 0.25) is 0 Å². The van der Waals surface area contributed by atoms with Gasteiger partial charge in [-0.25, -0.2) is 0 Å². The van der Waals surface area contributed by atoms with Crippen LogP contribution in [0.3, 0.4) is 0 Å². The Bertz CT molecular complexity index is 164. The lowest BCUT2D eigenvalue weighted by atomic mass is 10.0. The van der Waals surface area contributed by atoms with Gasteiger partial charge >= 0.3 is 7.25 Å². The molecule has 0 aliphatic heterocycles. The highest BCUT2D eigenvalue weighted by Gasteiger charge is 2.20. The zero-order chi connectivity index (χ0) is 16.4. The van der Waals surface area contributed by atoms with Crippen molar-refractivity contribution in [3.63, 3.8) is 0 Å². The van der Waals surface area contributed by atoms with Crippen molar-refractivity contribution in [2.24, 2.45) is 0 Å². The fourth-order valence-electron chi connectivity index (χ4n) is 2.27. The minimum absolute atomic E-state index is 1.37. The van der Waals surface area contributed by atoms with Crippen LogP contribution in [0, 0.1) is 0 Å². The summed E-state index contributed by atoms with van der Waals surface area (Å²) in [5.41, 5.74) is 0. The van der Waals surface area contributed by atoms with Crippen LogP contribution in [0.4, 0.5) is 17.3 Å². The third kappa shape index (κ3) is 38.3. The summed E-state index contributed by atoms with van der Waals surface area (Å²) in [6.45, 7) is 4.58. The van der Waals surface area contributed by atoms with Crippen LogP contribution in [0.1, 0.15) is 104 Å². The lowest BCUT2D eigenvalue weighted by Crippen LogP contribution is -2.02. The Kier molecular flexibility index (Phi) is 19.6. The van der Waals surface area contributed by atoms with Crippen molar-refractivity contribution < 1.29 is 17.3 Å². The van der Waals surface area contributed by atoms with Gasteiger partial charge in [-0.05, 0) is 0 Å². The van der Waals surface area contributed by atoms with Crippen molar-refractivity contribution in [3.05, 3.63) is 0 Å². The molecule has 0 bridgehead atoms. The van der Waals surface area contributed by atoms with Crippen LogP contribution in [0.5, 0.6) is 0 Å². The maximum Gasteiger partial charge on any atom is 0.673 e. The Morgan fingerprint density at radius 3 is 0.714 bits per heavy atom. The molecule has 21 heavy (non-hydrogen) atoms. The van der Waals surface area contributed by atoms with Crippen molar-refractivity contribution in [1.29, 1.82) is 0 Å². The monoisotopic (exact) mass is 313 g/mol. The predicted molar refractivity (Wildman–Crippen MR) is 86.2 cm³/mol. The van der Waals surface area contributed by atoms with Crippen molar-refractivity contribution >= 4 is 7.25 Å². The number of rotatable bonds is 13. The van der Waals surface area contributed by atoms with Gasteiger partial charge in [-0.2, -0.15) is 0 Å². The fraction of sp³-hybridized carbons (Fsp3) is 1.00. The maximum absolute atomic E-state index is 9.75. The van der Waals surface area contributed by atoms with Gasteiger partial charge in [0.1, 0.15) is 0 Å². The summed E-state index contributed by atoms with van der Waals surface area (Å²) in [5.74, 6) is 0. The van der Waals surface area contributed by atoms with Gasteiger partial charge in [-0.15, -0.1) is 0 Å². The Balaban J connectivity index is 0. The second-order valence-corrected chi connectivity index (χ2v) is 5.74. The van der Waals surface area contributed by atoms with Crippen molar-refractivity contribution in [2.75, 3.05) is 0 Å². The Hall–Kier alpha value is -0.215. The van der Waals surface area contributed by atoms with E-state index in [2.05, 4.69) is 13.8 Å². The SMILES string of the molecule is CCCCCCCCCCCCCCCC.F[B-](F)(F)F. The number of hydrogen-bond acceptors (Lipinski definition) is 0. The minimum atomic E-state index is -6.00. The molecule has 0 fully saturated rings. The largest absolute Gasteiger partial charge is 0.673 e. The predicted octanol–water partition coefficient (Wildman–Crippen LogP) is 7.79. The summed E-state index contributed by atoms with van der Waals surface area (Å²) in [5, 5.41) is 0. The smallest absolute Gasteiger partial charge is 0.418 e. The molecule has 130 valence electrons. The average Bonchev–Trinajstić information content (AvgIpc) is 2.38. The van der Waals surface area contributed by atoms with Crippen LogP contribution in [0.15, 0.2) is 0 Å². The molecule has 0 N–H and O–H groups in total. The van der Waals surface area contributed by atoms with Gasteiger partial charge in [-0.3, -0.25) is 0 Å². The molecule has 0 aromatic rings. The normalized spacial score (nSPS) is 11.1. The van der Waals surface area contributed by atoms with E-state index in [0.29, 0.717) is 0 Å². The van der Waals surface area contributed by atoms with Crippen molar-refractivity contribution in [3.8, 4) is 0 Å². The van der Waals surface area contributed by atoms with E-state index in [-0.39, 0.29) is 0 Å². The molecule has 0 saturated heterocycles. The zero-order valence-corrected chi connectivity index (χ0v) is 14.0. The van der Waals surface area contributed by atoms with E-state index in [4.69, 9.17) is 0 Å². The fourth-order valence-corrected chi connectivity index (χ4v) is 2.27. The maximum atomic E-state index is 9.75. The van der Waals surface area contributed by atoms with Crippen LogP contribution >= 0.6 is 0 Å². The highest BCUT2D eigenvalue weighted by Crippen LogP contribution is 2.12. The van der Waals surface area contributed by atoms with E-state index in [0.717, 1.165) is 0 Å². The summed E-state index contributed by atoms with van der Waals surface area (Å²) in [6, 6.07) is 0. The molecule has 0 aliphatic carbocycles. The second-order valence-electron chi connectivity index (χ2n) is 5.74. The molecule has 0 radical (unpaired) electrons. The van der Waals surface area contributed by atoms with Crippen LogP contribution in [-0.2, 0) is 0 Å². The average molecular weight is 313 g/mol. The van der Waals surface area contributed by atoms with E-state index in [9.17, 15) is 17.3 Å². The molecule has 0 aliphatic rings. The van der Waals surface area contributed by atoms with Gasteiger partial charge < -0.3 is 17.3 Å². The molecule has 0 saturated carbocycles. The van der Waals surface area contributed by atoms with Gasteiger partial charge in [-0.1, -0.05) is 104 Å². The highest BCUT2D eigenvalue weighted by molar-refractivity contribution is 6.50. The molecule has 0 nitrogen and oxygen atoms in total. The number of unbranched alkanes of at least 4 members (excludes halogenated alkanes) is 13. The summed E-state index contributed by atoms with van der Waals surface area (Å²) < 4.78 is 39.0. The molecule has 0 spiro atoms. The van der Waals surface area contributed by atoms with E-state index in [1.165, 1.54) is 89.9 Å². The molecule has 0 amide bonds. The van der Waals surface area contributed by atoms with Gasteiger partial charge in [0.05, 0.1) is 0 Å². The summed E-state index contributed by atoms with van der Waals surface area (Å²) >= 11 is 0. The van der Waals surface area contributed by atoms with Crippen LogP contribution < -0.4 is 0 Å². The molecule has 5 heteroatoms. The first-order valence-electron chi connectivity index (χ1n) is 8.79. The Labute approximate surface area is 129 Å². The number of halogens is 4. The number of hydrogen-bond donors (Lipinski definition) is 0. The van der Waals surface area contributed by atoms with Gasteiger partial charge in [0.15, 0.2) is 0 Å². The third-order valence-corrected chi connectivity index (χ3v) is 3.46. The first kappa shape index (κ1) is 23.1. The van der Waals surface area contributed by atoms with Crippen LogP contribution in [0.2, 0.25) is 0 Å². The molecular weight excluding hydrogens is 279 g/mol. The quantitative estimate of drug-likeness (QED) is 0.185. The second kappa shape index (κ2) is 17.8. The Morgan fingerprint density at radius 1 is 0.429 bits per heavy atom. The minimum Gasteiger partial charge on any atom is -0.418 e. The standard InChI is InChI=1S/C16H34.BF4/c1-3-5-7-9-11-13-15-16-14-12-10-8-6-4-2;2-1(3,4)5/h3-16H2,1-2H3;/q;-1. The molecular formula is C16H34BF4-. The summed E-state index contributed by atoms with van der Waals surface area (Å²) in [6.07, 6.45) is 20.4. The van der Waals surface area contributed by atoms with Crippen LogP contribution in [0.25, 0.3) is 0 Å². The molecule has 0 unspecified atom stereocenters. The molecule has 0 atom stereocenters. The first-order chi connectivity index (χ1) is 9.91.